The van der Waals surface area contributed by atoms with Gasteiger partial charge in [0.1, 0.15) is 5.82 Å². The number of fused-ring (bicyclic) bond motifs is 1. The maximum absolute atomic E-state index is 13.3. The molecule has 4 nitrogen and oxygen atoms in total. The van der Waals surface area contributed by atoms with E-state index in [9.17, 15) is 19.2 Å². The number of hydroxylamine groups is 1. The lowest BCUT2D eigenvalue weighted by Crippen LogP contribution is -2.21. The molecule has 0 fully saturated rings. The van der Waals surface area contributed by atoms with Crippen LogP contribution in [0.4, 0.5) is 10.1 Å². The molecule has 0 atom stereocenters. The normalized spacial score (nSPS) is 15.4. The van der Waals surface area contributed by atoms with Crippen molar-refractivity contribution in [2.24, 2.45) is 0 Å². The Morgan fingerprint density at radius 3 is 2.57 bits per heavy atom. The molecule has 2 aromatic rings. The Hall–Kier alpha value is -2.79. The fourth-order valence-corrected chi connectivity index (χ4v) is 2.20. The molecule has 1 aliphatic heterocycles. The number of carbonyl (C=O) groups excluding carboxylic acids is 2. The summed E-state index contributed by atoms with van der Waals surface area (Å²) in [5.41, 5.74) is 0.744. The number of anilines is 1. The van der Waals surface area contributed by atoms with Crippen LogP contribution < -0.4 is 5.06 Å². The molecule has 0 bridgehead atoms. The zero-order valence-corrected chi connectivity index (χ0v) is 10.8. The lowest BCUT2D eigenvalue weighted by Gasteiger charge is -2.05. The number of allylic oxidation sites excluding steroid dienone is 1. The van der Waals surface area contributed by atoms with Gasteiger partial charge in [0, 0.05) is 11.1 Å². The van der Waals surface area contributed by atoms with Gasteiger partial charge in [0.15, 0.2) is 5.78 Å². The molecule has 3 rings (SSSR count). The second-order valence-electron chi connectivity index (χ2n) is 4.57. The molecule has 1 amide bonds. The smallest absolute Gasteiger partial charge is 0.282 e. The van der Waals surface area contributed by atoms with Crippen LogP contribution in [0.15, 0.2) is 54.6 Å². The quantitative estimate of drug-likeness (QED) is 0.524. The molecule has 1 heterocycles. The molecule has 0 saturated carbocycles. The maximum Gasteiger partial charge on any atom is 0.282 e. The molecular formula is C16H10FNO3. The highest BCUT2D eigenvalue weighted by atomic mass is 19.1. The Kier molecular flexibility index (Phi) is 3.12. The molecule has 0 unspecified atom stereocenters. The summed E-state index contributed by atoms with van der Waals surface area (Å²) in [6.45, 7) is 0. The number of hydrogen-bond donors (Lipinski definition) is 1. The average molecular weight is 283 g/mol. The van der Waals surface area contributed by atoms with Crippen LogP contribution in [0.3, 0.4) is 0 Å². The number of benzene rings is 2. The first-order valence-corrected chi connectivity index (χ1v) is 6.22. The number of rotatable bonds is 2. The highest BCUT2D eigenvalue weighted by Gasteiger charge is 2.32. The molecule has 0 aliphatic carbocycles. The van der Waals surface area contributed by atoms with E-state index < -0.39 is 11.7 Å². The largest absolute Gasteiger partial charge is 0.289 e. The number of ketones is 1. The van der Waals surface area contributed by atoms with E-state index in [2.05, 4.69) is 0 Å². The molecule has 1 N–H and O–H groups in total. The summed E-state index contributed by atoms with van der Waals surface area (Å²) in [6, 6.07) is 11.9. The van der Waals surface area contributed by atoms with Gasteiger partial charge in [0.05, 0.1) is 11.3 Å². The van der Waals surface area contributed by atoms with Crippen LogP contribution in [0, 0.1) is 5.82 Å². The summed E-state index contributed by atoms with van der Waals surface area (Å²) >= 11 is 0. The third-order valence-electron chi connectivity index (χ3n) is 3.23. The number of halogens is 1. The van der Waals surface area contributed by atoms with E-state index >= 15 is 0 Å². The van der Waals surface area contributed by atoms with Gasteiger partial charge in [-0.3, -0.25) is 14.8 Å². The van der Waals surface area contributed by atoms with Gasteiger partial charge in [-0.2, -0.15) is 5.06 Å². The predicted molar refractivity (Wildman–Crippen MR) is 74.4 cm³/mol. The lowest BCUT2D eigenvalue weighted by atomic mass is 10.0. The van der Waals surface area contributed by atoms with Crippen molar-refractivity contribution in [3.05, 3.63) is 71.6 Å². The Labute approximate surface area is 119 Å². The Balaban J connectivity index is 2.07. The molecule has 5 heteroatoms. The van der Waals surface area contributed by atoms with Crippen LogP contribution in [0.1, 0.15) is 15.9 Å². The van der Waals surface area contributed by atoms with Gasteiger partial charge < -0.3 is 0 Å². The highest BCUT2D eigenvalue weighted by Crippen LogP contribution is 2.36. The van der Waals surface area contributed by atoms with E-state index in [0.717, 1.165) is 18.2 Å². The number of hydrogen-bond acceptors (Lipinski definition) is 3. The Bertz CT molecular complexity index is 768. The standard InChI is InChI=1S/C16H10FNO3/c17-11-6-7-14-12(8-11)13(16(20)18(14)21)9-15(19)10-4-2-1-3-5-10/h1-9,21H. The minimum Gasteiger partial charge on any atom is -0.289 e. The zero-order valence-electron chi connectivity index (χ0n) is 10.8. The van der Waals surface area contributed by atoms with Crippen LogP contribution in [-0.4, -0.2) is 16.9 Å². The van der Waals surface area contributed by atoms with E-state index in [1.807, 2.05) is 0 Å². The van der Waals surface area contributed by atoms with Crippen molar-refractivity contribution >= 4 is 23.0 Å². The maximum atomic E-state index is 13.3. The van der Waals surface area contributed by atoms with Crippen molar-refractivity contribution in [3.63, 3.8) is 0 Å². The third kappa shape index (κ3) is 2.23. The molecule has 2 aromatic carbocycles. The van der Waals surface area contributed by atoms with Gasteiger partial charge >= 0.3 is 0 Å². The molecule has 104 valence electrons. The first-order valence-electron chi connectivity index (χ1n) is 6.22. The number of amides is 1. The van der Waals surface area contributed by atoms with E-state index in [-0.39, 0.29) is 22.6 Å². The van der Waals surface area contributed by atoms with Gasteiger partial charge in [0.2, 0.25) is 0 Å². The predicted octanol–water partition coefficient (Wildman–Crippen LogP) is 2.83. The van der Waals surface area contributed by atoms with Crippen LogP contribution in [-0.2, 0) is 4.79 Å². The van der Waals surface area contributed by atoms with Crippen molar-refractivity contribution in [1.29, 1.82) is 0 Å². The van der Waals surface area contributed by atoms with E-state index in [1.165, 1.54) is 6.07 Å². The second kappa shape index (κ2) is 4.96. The first-order chi connectivity index (χ1) is 10.1. The van der Waals surface area contributed by atoms with Crippen molar-refractivity contribution in [3.8, 4) is 0 Å². The van der Waals surface area contributed by atoms with Gasteiger partial charge in [-0.15, -0.1) is 0 Å². The van der Waals surface area contributed by atoms with Gasteiger partial charge in [-0.25, -0.2) is 4.39 Å². The summed E-state index contributed by atoms with van der Waals surface area (Å²) in [5.74, 6) is -1.68. The van der Waals surface area contributed by atoms with E-state index in [0.29, 0.717) is 10.6 Å². The molecule has 0 aromatic heterocycles. The molecule has 21 heavy (non-hydrogen) atoms. The summed E-state index contributed by atoms with van der Waals surface area (Å²) in [6.07, 6.45) is 1.12. The average Bonchev–Trinajstić information content (AvgIpc) is 2.73. The third-order valence-corrected chi connectivity index (χ3v) is 3.23. The van der Waals surface area contributed by atoms with E-state index in [1.54, 1.807) is 30.3 Å². The lowest BCUT2D eigenvalue weighted by molar-refractivity contribution is -0.117. The zero-order chi connectivity index (χ0) is 15.0. The minimum atomic E-state index is -0.750. The van der Waals surface area contributed by atoms with Crippen molar-refractivity contribution in [2.45, 2.75) is 0 Å². The Morgan fingerprint density at radius 2 is 1.86 bits per heavy atom. The summed E-state index contributed by atoms with van der Waals surface area (Å²) in [7, 11) is 0. The van der Waals surface area contributed by atoms with Crippen LogP contribution in [0.25, 0.3) is 5.57 Å². The van der Waals surface area contributed by atoms with Crippen molar-refractivity contribution in [1.82, 2.24) is 0 Å². The summed E-state index contributed by atoms with van der Waals surface area (Å²) in [5, 5.41) is 10.1. The Morgan fingerprint density at radius 1 is 1.14 bits per heavy atom. The van der Waals surface area contributed by atoms with Gasteiger partial charge in [0.25, 0.3) is 5.91 Å². The molecular weight excluding hydrogens is 273 g/mol. The van der Waals surface area contributed by atoms with Crippen molar-refractivity contribution in [2.75, 3.05) is 5.06 Å². The number of carbonyl (C=O) groups is 2. The monoisotopic (exact) mass is 283 g/mol. The van der Waals surface area contributed by atoms with Crippen LogP contribution in [0.2, 0.25) is 0 Å². The fourth-order valence-electron chi connectivity index (χ4n) is 2.20. The second-order valence-corrected chi connectivity index (χ2v) is 4.57. The van der Waals surface area contributed by atoms with Crippen LogP contribution >= 0.6 is 0 Å². The first kappa shape index (κ1) is 13.2. The number of nitrogens with zero attached hydrogens (tertiary/aromatic N) is 1. The van der Waals surface area contributed by atoms with Crippen LogP contribution in [0.5, 0.6) is 0 Å². The SMILES string of the molecule is O=C(C=C1C(=O)N(O)c2ccc(F)cc21)c1ccccc1. The molecule has 0 saturated heterocycles. The minimum absolute atomic E-state index is 0.0270. The highest BCUT2D eigenvalue weighted by molar-refractivity contribution is 6.35. The summed E-state index contributed by atoms with van der Waals surface area (Å²) < 4.78 is 13.3. The van der Waals surface area contributed by atoms with Gasteiger partial charge in [-0.05, 0) is 24.3 Å². The van der Waals surface area contributed by atoms with Crippen molar-refractivity contribution < 1.29 is 19.2 Å². The fraction of sp³-hybridized carbons (Fsp3) is 0. The van der Waals surface area contributed by atoms with Gasteiger partial charge in [-0.1, -0.05) is 30.3 Å². The topological polar surface area (TPSA) is 57.6 Å². The molecule has 1 aliphatic rings. The summed E-state index contributed by atoms with van der Waals surface area (Å²) in [4.78, 5) is 24.1. The molecule has 0 spiro atoms. The van der Waals surface area contributed by atoms with E-state index in [4.69, 9.17) is 0 Å². The molecule has 0 radical (unpaired) electrons.